The molecule has 1 saturated carbocycles. The number of aliphatic imine (C=N–C) groups is 1. The van der Waals surface area contributed by atoms with E-state index in [0.29, 0.717) is 12.4 Å². The van der Waals surface area contributed by atoms with Crippen LogP contribution in [0.1, 0.15) is 39.0 Å². The zero-order valence-corrected chi connectivity index (χ0v) is 19.3. The summed E-state index contributed by atoms with van der Waals surface area (Å²) in [5.74, 6) is 1.36. The van der Waals surface area contributed by atoms with Gasteiger partial charge in [0.05, 0.1) is 12.1 Å². The topological polar surface area (TPSA) is 86.0 Å². The molecule has 28 heavy (non-hydrogen) atoms. The molecule has 0 radical (unpaired) electrons. The molecule has 1 aromatic heterocycles. The summed E-state index contributed by atoms with van der Waals surface area (Å²) in [7, 11) is 1.75. The average Bonchev–Trinajstić information content (AvgIpc) is 2.68. The molecule has 2 N–H and O–H groups in total. The summed E-state index contributed by atoms with van der Waals surface area (Å²) in [5.41, 5.74) is -0.716. The Morgan fingerprint density at radius 3 is 2.57 bits per heavy atom. The number of hydrogen-bond acceptors (Lipinski definition) is 5. The zero-order valence-electron chi connectivity index (χ0n) is 16.9. The first-order valence-electron chi connectivity index (χ1n) is 10.0. The van der Waals surface area contributed by atoms with E-state index in [0.717, 1.165) is 64.4 Å². The third kappa shape index (κ3) is 5.59. The number of anilines is 1. The number of nitrogens with zero attached hydrogens (tertiary/aromatic N) is 5. The fourth-order valence-corrected chi connectivity index (χ4v) is 3.85. The predicted molar refractivity (Wildman–Crippen MR) is 123 cm³/mol. The quantitative estimate of drug-likeness (QED) is 0.364. The van der Waals surface area contributed by atoms with E-state index >= 15 is 0 Å². The number of piperazine rings is 1. The van der Waals surface area contributed by atoms with Gasteiger partial charge in [-0.15, -0.1) is 24.0 Å². The monoisotopic (exact) mass is 504 g/mol. The number of halogens is 1. The first-order valence-corrected chi connectivity index (χ1v) is 10.0. The van der Waals surface area contributed by atoms with Crippen LogP contribution >= 0.6 is 24.0 Å². The van der Waals surface area contributed by atoms with Crippen molar-refractivity contribution in [2.45, 2.75) is 44.6 Å². The minimum atomic E-state index is -0.652. The van der Waals surface area contributed by atoms with E-state index in [9.17, 15) is 9.90 Å². The van der Waals surface area contributed by atoms with Crippen molar-refractivity contribution in [3.8, 4) is 0 Å². The van der Waals surface area contributed by atoms with Crippen LogP contribution in [0.4, 0.5) is 5.82 Å². The lowest BCUT2D eigenvalue weighted by atomic mass is 9.85. The Morgan fingerprint density at radius 1 is 1.25 bits per heavy atom. The van der Waals surface area contributed by atoms with Crippen molar-refractivity contribution in [1.82, 2.24) is 19.8 Å². The highest BCUT2D eigenvalue weighted by molar-refractivity contribution is 14.0. The summed E-state index contributed by atoms with van der Waals surface area (Å²) < 4.78 is 1.56. The molecule has 8 nitrogen and oxygen atoms in total. The van der Waals surface area contributed by atoms with Crippen LogP contribution in [-0.2, 0) is 7.05 Å². The molecule has 9 heteroatoms. The van der Waals surface area contributed by atoms with E-state index in [4.69, 9.17) is 4.99 Å². The van der Waals surface area contributed by atoms with Gasteiger partial charge in [0, 0.05) is 52.2 Å². The van der Waals surface area contributed by atoms with E-state index in [1.54, 1.807) is 24.0 Å². The number of aliphatic hydroxyl groups is 1. The first-order chi connectivity index (χ1) is 13.0. The molecule has 0 aromatic carbocycles. The number of guanidine groups is 1. The van der Waals surface area contributed by atoms with Crippen molar-refractivity contribution < 1.29 is 5.11 Å². The summed E-state index contributed by atoms with van der Waals surface area (Å²) in [6, 6.07) is 0. The van der Waals surface area contributed by atoms with E-state index in [-0.39, 0.29) is 29.5 Å². The molecule has 1 aliphatic heterocycles. The Labute approximate surface area is 184 Å². The molecule has 0 bridgehead atoms. The van der Waals surface area contributed by atoms with Gasteiger partial charge in [-0.3, -0.25) is 9.79 Å². The minimum Gasteiger partial charge on any atom is -0.388 e. The SMILES string of the molecule is CCNC(=NCC1(O)CCCCC1)N1CCN(c2nccn(C)c2=O)CC1.I. The Balaban J connectivity index is 0.00000280. The summed E-state index contributed by atoms with van der Waals surface area (Å²) in [6.45, 7) is 6.28. The third-order valence-electron chi connectivity index (χ3n) is 5.52. The fraction of sp³-hybridized carbons (Fsp3) is 0.737. The Morgan fingerprint density at radius 2 is 1.93 bits per heavy atom. The molecule has 0 spiro atoms. The molecule has 2 aliphatic rings. The molecule has 0 unspecified atom stereocenters. The molecule has 2 heterocycles. The van der Waals surface area contributed by atoms with Crippen LogP contribution in [0.15, 0.2) is 22.2 Å². The van der Waals surface area contributed by atoms with Crippen LogP contribution in [0.25, 0.3) is 0 Å². The van der Waals surface area contributed by atoms with Crippen molar-refractivity contribution in [3.63, 3.8) is 0 Å². The van der Waals surface area contributed by atoms with E-state index in [1.165, 1.54) is 6.42 Å². The van der Waals surface area contributed by atoms with Gasteiger partial charge in [0.1, 0.15) is 0 Å². The van der Waals surface area contributed by atoms with E-state index in [1.807, 2.05) is 4.90 Å². The van der Waals surface area contributed by atoms with Gasteiger partial charge in [-0.2, -0.15) is 0 Å². The highest BCUT2D eigenvalue weighted by Crippen LogP contribution is 2.28. The average molecular weight is 504 g/mol. The summed E-state index contributed by atoms with van der Waals surface area (Å²) >= 11 is 0. The van der Waals surface area contributed by atoms with Crippen LogP contribution in [0.2, 0.25) is 0 Å². The normalized spacial score (nSPS) is 19.9. The van der Waals surface area contributed by atoms with Crippen LogP contribution in [0.3, 0.4) is 0 Å². The lowest BCUT2D eigenvalue weighted by Crippen LogP contribution is -2.54. The predicted octanol–water partition coefficient (Wildman–Crippen LogP) is 1.18. The van der Waals surface area contributed by atoms with Crippen LogP contribution in [0, 0.1) is 0 Å². The zero-order chi connectivity index (χ0) is 19.3. The maximum Gasteiger partial charge on any atom is 0.293 e. The fourth-order valence-electron chi connectivity index (χ4n) is 3.85. The second-order valence-corrected chi connectivity index (χ2v) is 7.60. The number of aryl methyl sites for hydroxylation is 1. The molecule has 1 aliphatic carbocycles. The van der Waals surface area contributed by atoms with E-state index < -0.39 is 5.60 Å². The Hall–Kier alpha value is -1.36. The van der Waals surface area contributed by atoms with Crippen molar-refractivity contribution in [3.05, 3.63) is 22.7 Å². The van der Waals surface area contributed by atoms with Crippen molar-refractivity contribution in [1.29, 1.82) is 0 Å². The second-order valence-electron chi connectivity index (χ2n) is 7.60. The maximum atomic E-state index is 12.3. The van der Waals surface area contributed by atoms with Crippen LogP contribution < -0.4 is 15.8 Å². The van der Waals surface area contributed by atoms with Gasteiger partial charge in [-0.1, -0.05) is 19.3 Å². The molecular formula is C19H33IN6O2. The molecule has 3 rings (SSSR count). The summed E-state index contributed by atoms with van der Waals surface area (Å²) in [6.07, 6.45) is 8.40. The van der Waals surface area contributed by atoms with Gasteiger partial charge in [0.2, 0.25) is 0 Å². The highest BCUT2D eigenvalue weighted by atomic mass is 127. The molecule has 2 fully saturated rings. The van der Waals surface area contributed by atoms with Gasteiger partial charge < -0.3 is 24.8 Å². The summed E-state index contributed by atoms with van der Waals surface area (Å²) in [5, 5.41) is 14.1. The van der Waals surface area contributed by atoms with E-state index in [2.05, 4.69) is 22.1 Å². The minimum absolute atomic E-state index is 0. The largest absolute Gasteiger partial charge is 0.388 e. The maximum absolute atomic E-state index is 12.3. The molecule has 1 saturated heterocycles. The summed E-state index contributed by atoms with van der Waals surface area (Å²) in [4.78, 5) is 25.5. The van der Waals surface area contributed by atoms with Gasteiger partial charge in [-0.05, 0) is 19.8 Å². The Kier molecular flexibility index (Phi) is 8.54. The van der Waals surface area contributed by atoms with Gasteiger partial charge in [0.15, 0.2) is 11.8 Å². The third-order valence-corrected chi connectivity index (χ3v) is 5.52. The molecular weight excluding hydrogens is 471 g/mol. The van der Waals surface area contributed by atoms with Crippen LogP contribution in [-0.4, -0.2) is 70.4 Å². The standard InChI is InChI=1S/C19H32N6O2.HI/c1-3-20-18(22-15-19(27)7-5-4-6-8-19)25-13-11-24(12-14-25)16-17(26)23(2)10-9-21-16;/h9-10,27H,3-8,11-15H2,1-2H3,(H,20,22);1H. The second kappa shape index (κ2) is 10.4. The number of aromatic nitrogens is 2. The number of rotatable bonds is 4. The number of hydrogen-bond donors (Lipinski definition) is 2. The highest BCUT2D eigenvalue weighted by Gasteiger charge is 2.29. The van der Waals surface area contributed by atoms with Crippen molar-refractivity contribution in [2.24, 2.45) is 12.0 Å². The van der Waals surface area contributed by atoms with Crippen LogP contribution in [0.5, 0.6) is 0 Å². The van der Waals surface area contributed by atoms with Gasteiger partial charge >= 0.3 is 0 Å². The lowest BCUT2D eigenvalue weighted by Gasteiger charge is -2.37. The van der Waals surface area contributed by atoms with Crippen molar-refractivity contribution >= 4 is 35.8 Å². The van der Waals surface area contributed by atoms with Gasteiger partial charge in [-0.25, -0.2) is 4.98 Å². The van der Waals surface area contributed by atoms with Crippen molar-refractivity contribution in [2.75, 3.05) is 44.2 Å². The Bertz CT molecular complexity index is 709. The lowest BCUT2D eigenvalue weighted by molar-refractivity contribution is 0.0129. The number of nitrogens with one attached hydrogen (secondary N) is 1. The molecule has 0 atom stereocenters. The molecule has 158 valence electrons. The van der Waals surface area contributed by atoms with Gasteiger partial charge in [0.25, 0.3) is 5.56 Å². The molecule has 0 amide bonds. The first kappa shape index (κ1) is 22.9. The smallest absolute Gasteiger partial charge is 0.293 e. The molecule has 1 aromatic rings.